The van der Waals surface area contributed by atoms with Gasteiger partial charge in [-0.25, -0.2) is 8.78 Å². The van der Waals surface area contributed by atoms with Crippen molar-refractivity contribution in [1.29, 1.82) is 0 Å². The Morgan fingerprint density at radius 1 is 1.29 bits per heavy atom. The van der Waals surface area contributed by atoms with Crippen LogP contribution in [0.15, 0.2) is 45.8 Å². The molecule has 2 aromatic rings. The lowest BCUT2D eigenvalue weighted by Gasteiger charge is -2.18. The van der Waals surface area contributed by atoms with Crippen LogP contribution in [0.3, 0.4) is 0 Å². The van der Waals surface area contributed by atoms with Gasteiger partial charge < -0.3 is 5.32 Å². The molecule has 21 heavy (non-hydrogen) atoms. The Kier molecular flexibility index (Phi) is 6.05. The lowest BCUT2D eigenvalue weighted by Crippen LogP contribution is -2.21. The molecule has 0 bridgehead atoms. The molecule has 0 aliphatic carbocycles. The number of rotatable bonds is 5. The maximum absolute atomic E-state index is 14.1. The highest BCUT2D eigenvalue weighted by Crippen LogP contribution is 2.31. The van der Waals surface area contributed by atoms with Gasteiger partial charge in [0, 0.05) is 27.3 Å². The molecule has 2 aromatic carbocycles. The SMILES string of the molecule is CNC(CSc1cccc(Cl)c1)c1c(F)ccc(Br)c1F. The summed E-state index contributed by atoms with van der Waals surface area (Å²) in [5, 5.41) is 3.60. The summed E-state index contributed by atoms with van der Waals surface area (Å²) in [5.74, 6) is -0.635. The van der Waals surface area contributed by atoms with E-state index in [2.05, 4.69) is 21.2 Å². The smallest absolute Gasteiger partial charge is 0.145 e. The fraction of sp³-hybridized carbons (Fsp3) is 0.200. The molecule has 0 spiro atoms. The first-order chi connectivity index (χ1) is 10.0. The van der Waals surface area contributed by atoms with Gasteiger partial charge in [0.05, 0.1) is 4.47 Å². The number of nitrogens with one attached hydrogen (secondary N) is 1. The number of hydrogen-bond acceptors (Lipinski definition) is 2. The zero-order valence-corrected chi connectivity index (χ0v) is 14.3. The van der Waals surface area contributed by atoms with E-state index >= 15 is 0 Å². The van der Waals surface area contributed by atoms with Crippen LogP contribution in [0.2, 0.25) is 5.02 Å². The molecule has 0 aliphatic heterocycles. The van der Waals surface area contributed by atoms with E-state index in [-0.39, 0.29) is 10.0 Å². The van der Waals surface area contributed by atoms with Crippen molar-refractivity contribution in [2.45, 2.75) is 10.9 Å². The second kappa shape index (κ2) is 7.58. The summed E-state index contributed by atoms with van der Waals surface area (Å²) in [5.41, 5.74) is 0.0430. The van der Waals surface area contributed by atoms with Gasteiger partial charge >= 0.3 is 0 Å². The number of thioether (sulfide) groups is 1. The van der Waals surface area contributed by atoms with Crippen LogP contribution >= 0.6 is 39.3 Å². The number of hydrogen-bond donors (Lipinski definition) is 1. The van der Waals surface area contributed by atoms with Crippen LogP contribution in [0, 0.1) is 11.6 Å². The maximum Gasteiger partial charge on any atom is 0.145 e. The van der Waals surface area contributed by atoms with Crippen molar-refractivity contribution in [3.05, 3.63) is 63.1 Å². The first-order valence-electron chi connectivity index (χ1n) is 6.22. The molecule has 0 radical (unpaired) electrons. The zero-order chi connectivity index (χ0) is 15.4. The predicted octanol–water partition coefficient (Wildman–Crippen LogP) is 5.43. The molecule has 0 amide bonds. The van der Waals surface area contributed by atoms with Crippen molar-refractivity contribution in [2.24, 2.45) is 0 Å². The predicted molar refractivity (Wildman–Crippen MR) is 88.0 cm³/mol. The highest BCUT2D eigenvalue weighted by atomic mass is 79.9. The summed E-state index contributed by atoms with van der Waals surface area (Å²) < 4.78 is 28.3. The summed E-state index contributed by atoms with van der Waals surface area (Å²) in [7, 11) is 1.68. The van der Waals surface area contributed by atoms with E-state index in [0.717, 1.165) is 4.90 Å². The molecule has 6 heteroatoms. The van der Waals surface area contributed by atoms with E-state index in [1.54, 1.807) is 13.1 Å². The average molecular weight is 393 g/mol. The molecule has 0 heterocycles. The van der Waals surface area contributed by atoms with Crippen LogP contribution in [-0.2, 0) is 0 Å². The highest BCUT2D eigenvalue weighted by molar-refractivity contribution is 9.10. The van der Waals surface area contributed by atoms with Gasteiger partial charge in [-0.2, -0.15) is 0 Å². The van der Waals surface area contributed by atoms with Crippen LogP contribution in [0.1, 0.15) is 11.6 Å². The summed E-state index contributed by atoms with van der Waals surface area (Å²) in [6.07, 6.45) is 0. The molecule has 0 aromatic heterocycles. The van der Waals surface area contributed by atoms with Crippen LogP contribution in [0.5, 0.6) is 0 Å². The second-order valence-electron chi connectivity index (χ2n) is 4.37. The van der Waals surface area contributed by atoms with E-state index in [9.17, 15) is 8.78 Å². The van der Waals surface area contributed by atoms with Gasteiger partial charge in [-0.05, 0) is 53.3 Å². The van der Waals surface area contributed by atoms with Crippen molar-refractivity contribution < 1.29 is 8.78 Å². The minimum Gasteiger partial charge on any atom is -0.312 e. The molecular weight excluding hydrogens is 380 g/mol. The van der Waals surface area contributed by atoms with Gasteiger partial charge in [0.15, 0.2) is 0 Å². The van der Waals surface area contributed by atoms with Crippen LogP contribution in [0.4, 0.5) is 8.78 Å². The Labute approximate surface area is 140 Å². The van der Waals surface area contributed by atoms with Gasteiger partial charge in [-0.3, -0.25) is 0 Å². The fourth-order valence-electron chi connectivity index (χ4n) is 1.91. The second-order valence-corrected chi connectivity index (χ2v) is 6.75. The first-order valence-corrected chi connectivity index (χ1v) is 8.37. The van der Waals surface area contributed by atoms with E-state index < -0.39 is 17.7 Å². The Morgan fingerprint density at radius 3 is 2.71 bits per heavy atom. The topological polar surface area (TPSA) is 12.0 Å². The van der Waals surface area contributed by atoms with Gasteiger partial charge in [0.2, 0.25) is 0 Å². The molecule has 1 N–H and O–H groups in total. The van der Waals surface area contributed by atoms with Crippen molar-refractivity contribution >= 4 is 39.3 Å². The standard InChI is InChI=1S/C15H13BrClF2NS/c1-20-13(8-21-10-4-2-3-9(17)7-10)14-12(18)6-5-11(16)15(14)19/h2-7,13,20H,8H2,1H3. The van der Waals surface area contributed by atoms with Crippen molar-refractivity contribution in [1.82, 2.24) is 5.32 Å². The Bertz CT molecular complexity index is 639. The molecule has 0 fully saturated rings. The molecule has 0 saturated carbocycles. The summed E-state index contributed by atoms with van der Waals surface area (Å²) in [6.45, 7) is 0. The molecular formula is C15H13BrClF2NS. The van der Waals surface area contributed by atoms with E-state index in [4.69, 9.17) is 11.6 Å². The monoisotopic (exact) mass is 391 g/mol. The van der Waals surface area contributed by atoms with Crippen LogP contribution < -0.4 is 5.32 Å². The third-order valence-electron chi connectivity index (χ3n) is 2.99. The number of benzene rings is 2. The summed E-state index contributed by atoms with van der Waals surface area (Å²) >= 11 is 10.5. The van der Waals surface area contributed by atoms with Gasteiger partial charge in [0.1, 0.15) is 11.6 Å². The average Bonchev–Trinajstić information content (AvgIpc) is 2.46. The molecule has 1 nitrogen and oxygen atoms in total. The number of halogens is 4. The molecule has 0 aliphatic rings. The molecule has 2 rings (SSSR count). The van der Waals surface area contributed by atoms with Crippen LogP contribution in [0.25, 0.3) is 0 Å². The quantitative estimate of drug-likeness (QED) is 0.537. The summed E-state index contributed by atoms with van der Waals surface area (Å²) in [4.78, 5) is 0.957. The third-order valence-corrected chi connectivity index (χ3v) is 4.92. The summed E-state index contributed by atoms with van der Waals surface area (Å²) in [6, 6.07) is 9.56. The minimum absolute atomic E-state index is 0.0430. The zero-order valence-electron chi connectivity index (χ0n) is 11.2. The fourth-order valence-corrected chi connectivity index (χ4v) is 3.59. The largest absolute Gasteiger partial charge is 0.312 e. The van der Waals surface area contributed by atoms with Gasteiger partial charge in [-0.15, -0.1) is 11.8 Å². The molecule has 1 atom stereocenters. The lowest BCUT2D eigenvalue weighted by molar-refractivity contribution is 0.510. The van der Waals surface area contributed by atoms with Crippen LogP contribution in [-0.4, -0.2) is 12.8 Å². The van der Waals surface area contributed by atoms with Crippen molar-refractivity contribution in [2.75, 3.05) is 12.8 Å². The molecule has 0 saturated heterocycles. The highest BCUT2D eigenvalue weighted by Gasteiger charge is 2.21. The lowest BCUT2D eigenvalue weighted by atomic mass is 10.1. The Morgan fingerprint density at radius 2 is 2.05 bits per heavy atom. The van der Waals surface area contributed by atoms with Crippen molar-refractivity contribution in [3.63, 3.8) is 0 Å². The third kappa shape index (κ3) is 4.19. The van der Waals surface area contributed by atoms with E-state index in [1.807, 2.05) is 18.2 Å². The normalized spacial score (nSPS) is 12.4. The van der Waals surface area contributed by atoms with E-state index in [1.165, 1.54) is 23.9 Å². The minimum atomic E-state index is -0.568. The Balaban J connectivity index is 2.19. The van der Waals surface area contributed by atoms with Gasteiger partial charge in [-0.1, -0.05) is 17.7 Å². The maximum atomic E-state index is 14.1. The van der Waals surface area contributed by atoms with Crippen molar-refractivity contribution in [3.8, 4) is 0 Å². The molecule has 112 valence electrons. The first kappa shape index (κ1) is 16.7. The van der Waals surface area contributed by atoms with Gasteiger partial charge in [0.25, 0.3) is 0 Å². The molecule has 1 unspecified atom stereocenters. The van der Waals surface area contributed by atoms with E-state index in [0.29, 0.717) is 10.8 Å². The Hall–Kier alpha value is -0.620.